The summed E-state index contributed by atoms with van der Waals surface area (Å²) in [4.78, 5) is 15.8. The van der Waals surface area contributed by atoms with Gasteiger partial charge >= 0.3 is 0 Å². The molecular formula is C21H26N3O3Pr-. The van der Waals surface area contributed by atoms with E-state index in [0.717, 1.165) is 25.2 Å². The quantitative estimate of drug-likeness (QED) is 0.621. The molecule has 147 valence electrons. The number of aliphatic hydroxyl groups excluding tert-OH is 1. The van der Waals surface area contributed by atoms with Crippen molar-refractivity contribution in [3.05, 3.63) is 65.4 Å². The second kappa shape index (κ2) is 10.5. The van der Waals surface area contributed by atoms with Crippen molar-refractivity contribution in [1.82, 2.24) is 4.90 Å². The van der Waals surface area contributed by atoms with Crippen LogP contribution in [0.25, 0.3) is 5.73 Å². The number of aliphatic hydroxyl groups is 1. The number of likely N-dealkylation sites (tertiary alicyclic amines) is 1. The Morgan fingerprint density at radius 3 is 2.61 bits per heavy atom. The average molecular weight is 509 g/mol. The molecule has 1 saturated heterocycles. The standard InChI is InChI=1S/C21H27N3O3.Pr/c1-23(18-9-8-16(21(22)26)12-20(18)27-2)19(15-6-4-3-5-7-15)14-24-11-10-17(25)13-24;/h3-9,12,17,19,25H,10-11,13-14H2,1-2H3,(H2,22,26);/p-1/t17?,19-;/m1./s1. The smallest absolute Gasteiger partial charge is 0.142 e. The van der Waals surface area contributed by atoms with Gasteiger partial charge in [-0.2, -0.15) is 0 Å². The van der Waals surface area contributed by atoms with Crippen molar-refractivity contribution in [3.63, 3.8) is 0 Å². The number of carbonyl (C=O) groups is 1. The van der Waals surface area contributed by atoms with Gasteiger partial charge in [0.25, 0.3) is 0 Å². The Bertz CT molecular complexity index is 788. The van der Waals surface area contributed by atoms with Gasteiger partial charge < -0.3 is 25.3 Å². The number of likely N-dealkylation sites (N-methyl/N-ethyl adjacent to an activating group) is 1. The molecule has 0 aliphatic carbocycles. The van der Waals surface area contributed by atoms with Crippen LogP contribution in [0.2, 0.25) is 0 Å². The second-order valence-corrected chi connectivity index (χ2v) is 6.96. The van der Waals surface area contributed by atoms with Gasteiger partial charge in [0, 0.05) is 73.5 Å². The summed E-state index contributed by atoms with van der Waals surface area (Å²) in [6, 6.07) is 15.4. The van der Waals surface area contributed by atoms with E-state index in [9.17, 15) is 9.90 Å². The van der Waals surface area contributed by atoms with Crippen molar-refractivity contribution >= 4 is 11.6 Å². The van der Waals surface area contributed by atoms with Crippen LogP contribution in [-0.2, 0) is 0 Å². The van der Waals surface area contributed by atoms with Gasteiger partial charge in [-0.25, -0.2) is 0 Å². The Kier molecular flexibility index (Phi) is 8.68. The van der Waals surface area contributed by atoms with Gasteiger partial charge in [0.15, 0.2) is 0 Å². The third-order valence-electron chi connectivity index (χ3n) is 5.15. The molecule has 2 aromatic rings. The van der Waals surface area contributed by atoms with Crippen LogP contribution in [0.5, 0.6) is 5.75 Å². The van der Waals surface area contributed by atoms with E-state index in [0.29, 0.717) is 17.9 Å². The molecule has 2 N–H and O–H groups in total. The minimum Gasteiger partial charge on any atom is -0.664 e. The van der Waals surface area contributed by atoms with Crippen LogP contribution in [0.4, 0.5) is 5.69 Å². The van der Waals surface area contributed by atoms with Crippen LogP contribution >= 0.6 is 0 Å². The molecule has 1 unspecified atom stereocenters. The number of amides is 1. The maximum absolute atomic E-state index is 11.4. The third kappa shape index (κ3) is 5.44. The Balaban J connectivity index is 0.00000280. The number of rotatable bonds is 7. The summed E-state index contributed by atoms with van der Waals surface area (Å²) in [5, 5.41) is 9.88. The van der Waals surface area contributed by atoms with Gasteiger partial charge in [-0.1, -0.05) is 36.4 Å². The number of nitrogens with one attached hydrogen (secondary N) is 1. The van der Waals surface area contributed by atoms with Gasteiger partial charge in [-0.15, -0.1) is 0 Å². The summed E-state index contributed by atoms with van der Waals surface area (Å²) in [6.45, 7) is 2.34. The Labute approximate surface area is 199 Å². The van der Waals surface area contributed by atoms with Crippen molar-refractivity contribution in [2.45, 2.75) is 18.6 Å². The number of hydrogen-bond acceptors (Lipinski definition) is 5. The molecule has 1 fully saturated rings. The summed E-state index contributed by atoms with van der Waals surface area (Å²) in [6.07, 6.45) is 0.540. The summed E-state index contributed by atoms with van der Waals surface area (Å²) >= 11 is 0. The molecular weight excluding hydrogens is 483 g/mol. The minimum atomic E-state index is -0.729. The molecule has 7 heteroatoms. The van der Waals surface area contributed by atoms with Crippen molar-refractivity contribution in [2.24, 2.45) is 0 Å². The van der Waals surface area contributed by atoms with E-state index in [2.05, 4.69) is 21.9 Å². The van der Waals surface area contributed by atoms with E-state index < -0.39 is 5.91 Å². The molecule has 1 amide bonds. The van der Waals surface area contributed by atoms with Crippen molar-refractivity contribution < 1.29 is 55.9 Å². The third-order valence-corrected chi connectivity index (χ3v) is 5.15. The molecule has 3 rings (SSSR count). The van der Waals surface area contributed by atoms with Gasteiger partial charge in [0.05, 0.1) is 30.9 Å². The predicted molar refractivity (Wildman–Crippen MR) is 106 cm³/mol. The summed E-state index contributed by atoms with van der Waals surface area (Å²) in [5.74, 6) is -0.161. The molecule has 0 aromatic heterocycles. The first-order valence-corrected chi connectivity index (χ1v) is 9.11. The zero-order chi connectivity index (χ0) is 19.4. The fraction of sp³-hybridized carbons (Fsp3) is 0.381. The monoisotopic (exact) mass is 509 g/mol. The molecule has 2 aromatic carbocycles. The first kappa shape index (κ1) is 23.1. The van der Waals surface area contributed by atoms with Crippen LogP contribution in [0, 0.1) is 41.3 Å². The number of benzene rings is 2. The summed E-state index contributed by atoms with van der Waals surface area (Å²) < 4.78 is 5.50. The van der Waals surface area contributed by atoms with E-state index in [1.807, 2.05) is 31.3 Å². The van der Waals surface area contributed by atoms with Crippen LogP contribution in [0.3, 0.4) is 0 Å². The van der Waals surface area contributed by atoms with Crippen LogP contribution in [0.1, 0.15) is 28.4 Å². The molecule has 1 radical (unpaired) electrons. The van der Waals surface area contributed by atoms with Gasteiger partial charge in [-0.05, 0) is 24.1 Å². The molecule has 1 aliphatic rings. The van der Waals surface area contributed by atoms with E-state index in [4.69, 9.17) is 10.5 Å². The van der Waals surface area contributed by atoms with E-state index >= 15 is 0 Å². The Morgan fingerprint density at radius 1 is 1.32 bits per heavy atom. The van der Waals surface area contributed by atoms with Crippen LogP contribution in [-0.4, -0.2) is 55.8 Å². The Hall–Kier alpha value is -1.21. The van der Waals surface area contributed by atoms with Crippen molar-refractivity contribution in [1.29, 1.82) is 0 Å². The van der Waals surface area contributed by atoms with Gasteiger partial charge in [0.1, 0.15) is 5.75 Å². The normalized spacial score (nSPS) is 17.6. The maximum Gasteiger partial charge on any atom is 0.142 e. The molecule has 0 bridgehead atoms. The molecule has 2 atom stereocenters. The SMILES string of the molecule is COc1cc(C([NH-])=O)ccc1N(C)[C@H](CN1CCC(O)C1)c1ccccc1.[Pr]. The fourth-order valence-electron chi connectivity index (χ4n) is 3.63. The largest absolute Gasteiger partial charge is 0.664 e. The topological polar surface area (TPSA) is 76.8 Å². The number of nitrogens with zero attached hydrogens (tertiary/aromatic N) is 2. The first-order valence-electron chi connectivity index (χ1n) is 9.11. The van der Waals surface area contributed by atoms with E-state index in [1.54, 1.807) is 19.2 Å². The van der Waals surface area contributed by atoms with E-state index in [1.165, 1.54) is 5.56 Å². The van der Waals surface area contributed by atoms with Crippen LogP contribution in [0.15, 0.2) is 48.5 Å². The number of anilines is 1. The zero-order valence-electron chi connectivity index (χ0n) is 16.3. The number of carbonyl (C=O) groups excluding carboxylic acids is 1. The number of hydrogen-bond donors (Lipinski definition) is 1. The molecule has 1 heterocycles. The fourth-order valence-corrected chi connectivity index (χ4v) is 3.63. The molecule has 0 saturated carbocycles. The second-order valence-electron chi connectivity index (χ2n) is 6.96. The van der Waals surface area contributed by atoms with Crippen molar-refractivity contribution in [2.75, 3.05) is 38.7 Å². The molecule has 28 heavy (non-hydrogen) atoms. The van der Waals surface area contributed by atoms with Crippen molar-refractivity contribution in [3.8, 4) is 5.75 Å². The predicted octanol–water partition coefficient (Wildman–Crippen LogP) is 3.13. The van der Waals surface area contributed by atoms with Crippen LogP contribution < -0.4 is 9.64 Å². The molecule has 0 spiro atoms. The molecule has 6 nitrogen and oxygen atoms in total. The number of β-amino-alcohol motifs (C(OH)–C–C–N with tert-alkyl or cyclic N) is 1. The average Bonchev–Trinajstić information content (AvgIpc) is 3.10. The van der Waals surface area contributed by atoms with Gasteiger partial charge in [0.2, 0.25) is 0 Å². The first-order chi connectivity index (χ1) is 13.0. The Morgan fingerprint density at radius 2 is 2.04 bits per heavy atom. The maximum atomic E-state index is 11.4. The van der Waals surface area contributed by atoms with Gasteiger partial charge in [-0.3, -0.25) is 4.90 Å². The zero-order valence-corrected chi connectivity index (χ0v) is 20.0. The number of ether oxygens (including phenoxy) is 1. The minimum absolute atomic E-state index is 0. The van der Waals surface area contributed by atoms with E-state index in [-0.39, 0.29) is 53.4 Å². The summed E-state index contributed by atoms with van der Waals surface area (Å²) in [5.41, 5.74) is 9.65. The number of methoxy groups -OCH3 is 1. The molecule has 1 aliphatic heterocycles. The summed E-state index contributed by atoms with van der Waals surface area (Å²) in [7, 11) is 3.57.